The molecule has 0 radical (unpaired) electrons. The largest absolute Gasteiger partial charge is 0.487 e. The van der Waals surface area contributed by atoms with Crippen LogP contribution in [0.25, 0.3) is 0 Å². The Morgan fingerprint density at radius 3 is 2.47 bits per heavy atom. The predicted octanol–water partition coefficient (Wildman–Crippen LogP) is 5.28. The van der Waals surface area contributed by atoms with E-state index in [0.29, 0.717) is 22.2 Å². The average molecular weight is 366 g/mol. The summed E-state index contributed by atoms with van der Waals surface area (Å²) < 4.78 is 6.66. The third kappa shape index (κ3) is 2.53. The average Bonchev–Trinajstić information content (AvgIpc) is 2.36. The van der Waals surface area contributed by atoms with Crippen LogP contribution >= 0.6 is 39.1 Å². The van der Waals surface area contributed by atoms with Crippen molar-refractivity contribution >= 4 is 44.9 Å². The predicted molar refractivity (Wildman–Crippen MR) is 81.2 cm³/mol. The third-order valence-electron chi connectivity index (χ3n) is 4.05. The van der Waals surface area contributed by atoms with Gasteiger partial charge in [-0.2, -0.15) is 0 Å². The topological polar surface area (TPSA) is 26.3 Å². The summed E-state index contributed by atoms with van der Waals surface area (Å²) in [5, 5.41) is 1.04. The Labute approximate surface area is 131 Å². The van der Waals surface area contributed by atoms with Gasteiger partial charge in [-0.15, -0.1) is 0 Å². The van der Waals surface area contributed by atoms with Crippen molar-refractivity contribution in [1.82, 2.24) is 0 Å². The Balaban J connectivity index is 2.23. The summed E-state index contributed by atoms with van der Waals surface area (Å²) in [5.74, 6) is 0.820. The van der Waals surface area contributed by atoms with Gasteiger partial charge in [0.05, 0.1) is 15.5 Å². The van der Waals surface area contributed by atoms with Crippen LogP contribution in [0.4, 0.5) is 0 Å². The van der Waals surface area contributed by atoms with Crippen molar-refractivity contribution in [2.75, 3.05) is 0 Å². The minimum Gasteiger partial charge on any atom is -0.487 e. The van der Waals surface area contributed by atoms with Crippen LogP contribution in [0.3, 0.4) is 0 Å². The van der Waals surface area contributed by atoms with Crippen molar-refractivity contribution < 1.29 is 9.53 Å². The first kappa shape index (κ1) is 15.1. The van der Waals surface area contributed by atoms with Crippen LogP contribution in [-0.2, 0) is 4.79 Å². The minimum atomic E-state index is -0.358. The van der Waals surface area contributed by atoms with Gasteiger partial charge in [0.2, 0.25) is 0 Å². The fourth-order valence-corrected chi connectivity index (χ4v) is 3.45. The first-order valence-electron chi connectivity index (χ1n) is 6.29. The number of ketones is 1. The Hall–Kier alpha value is -0.250. The van der Waals surface area contributed by atoms with Crippen molar-refractivity contribution in [2.45, 2.75) is 39.2 Å². The van der Waals surface area contributed by atoms with Gasteiger partial charge in [0.1, 0.15) is 17.6 Å². The molecule has 1 aromatic rings. The standard InChI is InChI=1S/C14H15BrCl2O2/c1-3-14(4-2)12(18)7-13(14)19-11-6-9(16)8(15)5-10(11)17/h5-6,13H,3-4,7H2,1-2H3. The van der Waals surface area contributed by atoms with Crippen molar-refractivity contribution in [3.8, 4) is 5.75 Å². The first-order chi connectivity index (χ1) is 8.94. The zero-order valence-corrected chi connectivity index (χ0v) is 13.9. The van der Waals surface area contributed by atoms with Gasteiger partial charge in [-0.25, -0.2) is 0 Å². The smallest absolute Gasteiger partial charge is 0.146 e. The molecule has 0 saturated heterocycles. The van der Waals surface area contributed by atoms with E-state index in [0.717, 1.165) is 17.3 Å². The van der Waals surface area contributed by atoms with Crippen LogP contribution < -0.4 is 4.74 Å². The molecule has 19 heavy (non-hydrogen) atoms. The molecule has 1 fully saturated rings. The number of hydrogen-bond donors (Lipinski definition) is 0. The Bertz CT molecular complexity index is 512. The Kier molecular flexibility index (Phi) is 4.49. The molecule has 5 heteroatoms. The molecule has 1 unspecified atom stereocenters. The van der Waals surface area contributed by atoms with Gasteiger partial charge in [0, 0.05) is 17.0 Å². The summed E-state index contributed by atoms with van der Waals surface area (Å²) in [7, 11) is 0. The zero-order chi connectivity index (χ0) is 14.2. The molecular weight excluding hydrogens is 351 g/mol. The van der Waals surface area contributed by atoms with Crippen LogP contribution in [0.2, 0.25) is 10.0 Å². The van der Waals surface area contributed by atoms with Gasteiger partial charge in [0.15, 0.2) is 0 Å². The summed E-state index contributed by atoms with van der Waals surface area (Å²) in [4.78, 5) is 11.9. The molecule has 1 aliphatic carbocycles. The van der Waals surface area contributed by atoms with E-state index in [2.05, 4.69) is 15.9 Å². The molecule has 1 aliphatic rings. The van der Waals surface area contributed by atoms with E-state index in [1.54, 1.807) is 12.1 Å². The monoisotopic (exact) mass is 364 g/mol. The maximum atomic E-state index is 11.9. The van der Waals surface area contributed by atoms with Crippen LogP contribution in [0, 0.1) is 5.41 Å². The molecule has 0 aliphatic heterocycles. The zero-order valence-electron chi connectivity index (χ0n) is 10.8. The molecule has 0 amide bonds. The molecule has 0 heterocycles. The van der Waals surface area contributed by atoms with Crippen molar-refractivity contribution in [1.29, 1.82) is 0 Å². The van der Waals surface area contributed by atoms with Gasteiger partial charge in [-0.1, -0.05) is 37.0 Å². The highest BCUT2D eigenvalue weighted by Gasteiger charge is 2.54. The number of carbonyl (C=O) groups excluding carboxylic acids is 1. The second kappa shape index (κ2) is 5.63. The van der Waals surface area contributed by atoms with Gasteiger partial charge in [-0.05, 0) is 34.8 Å². The molecule has 1 atom stereocenters. The van der Waals surface area contributed by atoms with Crippen molar-refractivity contribution in [2.24, 2.45) is 5.41 Å². The fourth-order valence-electron chi connectivity index (χ4n) is 2.62. The highest BCUT2D eigenvalue weighted by molar-refractivity contribution is 9.10. The highest BCUT2D eigenvalue weighted by Crippen LogP contribution is 2.47. The van der Waals surface area contributed by atoms with E-state index in [4.69, 9.17) is 27.9 Å². The number of rotatable bonds is 4. The maximum Gasteiger partial charge on any atom is 0.146 e. The van der Waals surface area contributed by atoms with Gasteiger partial charge in [-0.3, -0.25) is 4.79 Å². The number of halogens is 3. The lowest BCUT2D eigenvalue weighted by molar-refractivity contribution is -0.153. The van der Waals surface area contributed by atoms with E-state index in [-0.39, 0.29) is 17.3 Å². The second-order valence-corrected chi connectivity index (χ2v) is 6.46. The lowest BCUT2D eigenvalue weighted by Crippen LogP contribution is -2.56. The summed E-state index contributed by atoms with van der Waals surface area (Å²) in [6, 6.07) is 3.39. The van der Waals surface area contributed by atoms with E-state index in [1.807, 2.05) is 13.8 Å². The number of benzene rings is 1. The Morgan fingerprint density at radius 1 is 1.32 bits per heavy atom. The minimum absolute atomic E-state index is 0.107. The lowest BCUT2D eigenvalue weighted by atomic mass is 9.61. The Morgan fingerprint density at radius 2 is 1.95 bits per heavy atom. The molecule has 0 spiro atoms. The molecule has 0 aromatic heterocycles. The highest BCUT2D eigenvalue weighted by atomic mass is 79.9. The quantitative estimate of drug-likeness (QED) is 0.678. The molecule has 1 saturated carbocycles. The van der Waals surface area contributed by atoms with Crippen LogP contribution in [0.15, 0.2) is 16.6 Å². The molecule has 2 rings (SSSR count). The second-order valence-electron chi connectivity index (χ2n) is 4.79. The third-order valence-corrected chi connectivity index (χ3v) is 5.54. The number of carbonyl (C=O) groups is 1. The summed E-state index contributed by atoms with van der Waals surface area (Å²) in [5.41, 5.74) is -0.358. The normalized spacial score (nSPS) is 21.1. The van der Waals surface area contributed by atoms with Crippen molar-refractivity contribution in [3.05, 3.63) is 26.7 Å². The number of ether oxygens (including phenoxy) is 1. The maximum absolute atomic E-state index is 11.9. The number of hydrogen-bond acceptors (Lipinski definition) is 2. The first-order valence-corrected chi connectivity index (χ1v) is 7.84. The molecule has 1 aromatic carbocycles. The van der Waals surface area contributed by atoms with Gasteiger partial charge in [0.25, 0.3) is 0 Å². The molecular formula is C14H15BrCl2O2. The van der Waals surface area contributed by atoms with E-state index in [9.17, 15) is 4.79 Å². The van der Waals surface area contributed by atoms with Gasteiger partial charge < -0.3 is 4.74 Å². The molecule has 0 N–H and O–H groups in total. The van der Waals surface area contributed by atoms with Crippen molar-refractivity contribution in [3.63, 3.8) is 0 Å². The van der Waals surface area contributed by atoms with Crippen LogP contribution in [0.5, 0.6) is 5.75 Å². The SMILES string of the molecule is CCC1(CC)C(=O)CC1Oc1cc(Cl)c(Br)cc1Cl. The summed E-state index contributed by atoms with van der Waals surface area (Å²) in [6.07, 6.45) is 1.92. The molecule has 104 valence electrons. The van der Waals surface area contributed by atoms with E-state index in [1.165, 1.54) is 0 Å². The molecule has 0 bridgehead atoms. The van der Waals surface area contributed by atoms with Gasteiger partial charge >= 0.3 is 0 Å². The summed E-state index contributed by atoms with van der Waals surface area (Å²) >= 11 is 15.5. The van der Waals surface area contributed by atoms with E-state index < -0.39 is 0 Å². The summed E-state index contributed by atoms with van der Waals surface area (Å²) in [6.45, 7) is 4.04. The van der Waals surface area contributed by atoms with Crippen LogP contribution in [0.1, 0.15) is 33.1 Å². The fraction of sp³-hybridized carbons (Fsp3) is 0.500. The van der Waals surface area contributed by atoms with E-state index >= 15 is 0 Å². The molecule has 2 nitrogen and oxygen atoms in total. The number of Topliss-reactive ketones (excluding diaryl/α,β-unsaturated/α-hetero) is 1. The van der Waals surface area contributed by atoms with Crippen LogP contribution in [-0.4, -0.2) is 11.9 Å². The lowest BCUT2D eigenvalue weighted by Gasteiger charge is -2.46.